The van der Waals surface area contributed by atoms with Gasteiger partial charge in [0.2, 0.25) is 5.91 Å². The number of halogens is 2. The highest BCUT2D eigenvalue weighted by molar-refractivity contribution is 7.91. The maximum absolute atomic E-state index is 12.8. The van der Waals surface area contributed by atoms with Crippen LogP contribution in [0.2, 0.25) is 0 Å². The van der Waals surface area contributed by atoms with Gasteiger partial charge in [-0.15, -0.1) is 11.3 Å². The molecule has 1 atom stereocenters. The molecule has 10 heteroatoms. The molecule has 1 aromatic heterocycles. The molecule has 1 N–H and O–H groups in total. The SMILES string of the molecule is Cc1ccc(S(=O)(=O)N2CCC[C@H](C(=O)NCc3ccccc3OC(F)F)C2)s1. The van der Waals surface area contributed by atoms with Crippen molar-refractivity contribution in [1.29, 1.82) is 0 Å². The third kappa shape index (κ3) is 5.31. The fourth-order valence-electron chi connectivity index (χ4n) is 3.24. The third-order valence-electron chi connectivity index (χ3n) is 4.71. The van der Waals surface area contributed by atoms with Crippen LogP contribution in [0.5, 0.6) is 5.75 Å². The third-order valence-corrected chi connectivity index (χ3v) is 8.04. The molecule has 2 aromatic rings. The zero-order valence-electron chi connectivity index (χ0n) is 15.8. The van der Waals surface area contributed by atoms with Crippen LogP contribution in [0.15, 0.2) is 40.6 Å². The predicted octanol–water partition coefficient (Wildman–Crippen LogP) is 3.38. The van der Waals surface area contributed by atoms with Crippen LogP contribution in [0.1, 0.15) is 23.3 Å². The van der Waals surface area contributed by atoms with Gasteiger partial charge in [-0.05, 0) is 38.0 Å². The lowest BCUT2D eigenvalue weighted by atomic mass is 9.98. The quantitative estimate of drug-likeness (QED) is 0.711. The fraction of sp³-hybridized carbons (Fsp3) is 0.421. The largest absolute Gasteiger partial charge is 0.434 e. The van der Waals surface area contributed by atoms with E-state index in [2.05, 4.69) is 10.1 Å². The summed E-state index contributed by atoms with van der Waals surface area (Å²) in [5, 5.41) is 2.72. The van der Waals surface area contributed by atoms with Crippen LogP contribution in [0.3, 0.4) is 0 Å². The molecule has 0 saturated carbocycles. The summed E-state index contributed by atoms with van der Waals surface area (Å²) in [6.07, 6.45) is 1.14. The van der Waals surface area contributed by atoms with Crippen LogP contribution < -0.4 is 10.1 Å². The number of hydrogen-bond donors (Lipinski definition) is 1. The Morgan fingerprint density at radius 3 is 2.76 bits per heavy atom. The first kappa shape index (κ1) is 21.7. The number of alkyl halides is 2. The Balaban J connectivity index is 1.63. The molecular formula is C19H22F2N2O4S2. The molecule has 0 bridgehead atoms. The maximum atomic E-state index is 12.8. The molecule has 1 aliphatic heterocycles. The van der Waals surface area contributed by atoms with E-state index in [9.17, 15) is 22.0 Å². The Labute approximate surface area is 172 Å². The monoisotopic (exact) mass is 444 g/mol. The van der Waals surface area contributed by atoms with E-state index in [1.807, 2.05) is 6.92 Å². The first-order valence-electron chi connectivity index (χ1n) is 9.14. The van der Waals surface area contributed by atoms with Gasteiger partial charge in [-0.1, -0.05) is 18.2 Å². The number of aryl methyl sites for hydroxylation is 1. The first-order valence-corrected chi connectivity index (χ1v) is 11.4. The Bertz CT molecular complexity index is 963. The van der Waals surface area contributed by atoms with E-state index >= 15 is 0 Å². The van der Waals surface area contributed by atoms with Crippen molar-refractivity contribution in [2.45, 2.75) is 37.1 Å². The summed E-state index contributed by atoms with van der Waals surface area (Å²) in [6, 6.07) is 9.57. The number of amides is 1. The average molecular weight is 445 g/mol. The number of para-hydroxylation sites is 1. The van der Waals surface area contributed by atoms with Crippen LogP contribution in [0.4, 0.5) is 8.78 Å². The van der Waals surface area contributed by atoms with E-state index in [-0.39, 0.29) is 29.0 Å². The second-order valence-electron chi connectivity index (χ2n) is 6.77. The second-order valence-corrected chi connectivity index (χ2v) is 10.2. The van der Waals surface area contributed by atoms with Crippen molar-refractivity contribution in [2.24, 2.45) is 5.92 Å². The zero-order valence-corrected chi connectivity index (χ0v) is 17.4. The minimum absolute atomic E-state index is 0.00344. The van der Waals surface area contributed by atoms with Crippen molar-refractivity contribution in [1.82, 2.24) is 9.62 Å². The molecule has 0 unspecified atom stereocenters. The van der Waals surface area contributed by atoms with Crippen molar-refractivity contribution < 1.29 is 26.7 Å². The van der Waals surface area contributed by atoms with Gasteiger partial charge in [0.25, 0.3) is 10.0 Å². The first-order chi connectivity index (χ1) is 13.8. The van der Waals surface area contributed by atoms with Crippen LogP contribution >= 0.6 is 11.3 Å². The molecular weight excluding hydrogens is 422 g/mol. The highest BCUT2D eigenvalue weighted by Crippen LogP contribution is 2.28. The van der Waals surface area contributed by atoms with Gasteiger partial charge in [0.05, 0.1) is 5.92 Å². The van der Waals surface area contributed by atoms with E-state index in [4.69, 9.17) is 0 Å². The van der Waals surface area contributed by atoms with Gasteiger partial charge >= 0.3 is 6.61 Å². The molecule has 1 amide bonds. The number of sulfonamides is 1. The number of ether oxygens (including phenoxy) is 1. The van der Waals surface area contributed by atoms with Crippen molar-refractivity contribution >= 4 is 27.3 Å². The van der Waals surface area contributed by atoms with E-state index in [1.165, 1.54) is 21.7 Å². The fourth-order valence-corrected chi connectivity index (χ4v) is 6.20. The second kappa shape index (κ2) is 9.19. The summed E-state index contributed by atoms with van der Waals surface area (Å²) >= 11 is 1.21. The normalized spacial score (nSPS) is 18.0. The van der Waals surface area contributed by atoms with Crippen molar-refractivity contribution in [3.63, 3.8) is 0 Å². The van der Waals surface area contributed by atoms with E-state index in [0.717, 1.165) is 4.88 Å². The topological polar surface area (TPSA) is 75.7 Å². The molecule has 1 fully saturated rings. The highest BCUT2D eigenvalue weighted by atomic mass is 32.2. The van der Waals surface area contributed by atoms with Crippen molar-refractivity contribution in [2.75, 3.05) is 13.1 Å². The van der Waals surface area contributed by atoms with Gasteiger partial charge in [-0.25, -0.2) is 8.42 Å². The standard InChI is InChI=1S/C19H22F2N2O4S2/c1-13-8-9-17(28-13)29(25,26)23-10-4-6-15(12-23)18(24)22-11-14-5-2-3-7-16(14)27-19(20)21/h2-3,5,7-9,15,19H,4,6,10-12H2,1H3,(H,22,24)/t15-/m0/s1. The number of carbonyl (C=O) groups is 1. The van der Waals surface area contributed by atoms with Gasteiger partial charge in [-0.3, -0.25) is 4.79 Å². The number of thiophene rings is 1. The molecule has 158 valence electrons. The van der Waals surface area contributed by atoms with Crippen molar-refractivity contribution in [3.8, 4) is 5.75 Å². The van der Waals surface area contributed by atoms with Crippen LogP contribution in [0, 0.1) is 12.8 Å². The smallest absolute Gasteiger partial charge is 0.387 e. The summed E-state index contributed by atoms with van der Waals surface area (Å²) in [4.78, 5) is 13.5. The number of nitrogens with zero attached hydrogens (tertiary/aromatic N) is 1. The molecule has 6 nitrogen and oxygen atoms in total. The average Bonchev–Trinajstić information content (AvgIpc) is 3.14. The summed E-state index contributed by atoms with van der Waals surface area (Å²) in [7, 11) is -3.63. The van der Waals surface area contributed by atoms with Crippen LogP contribution in [0.25, 0.3) is 0 Å². The van der Waals surface area contributed by atoms with E-state index < -0.39 is 22.6 Å². The predicted molar refractivity (Wildman–Crippen MR) is 105 cm³/mol. The van der Waals surface area contributed by atoms with Gasteiger partial charge in [0, 0.05) is 30.1 Å². The summed E-state index contributed by atoms with van der Waals surface area (Å²) in [6.45, 7) is -0.625. The number of hydrogen-bond acceptors (Lipinski definition) is 5. The Kier molecular flexibility index (Phi) is 6.86. The van der Waals surface area contributed by atoms with Gasteiger partial charge in [0.15, 0.2) is 0 Å². The molecule has 0 spiro atoms. The molecule has 1 aromatic carbocycles. The Morgan fingerprint density at radius 2 is 2.07 bits per heavy atom. The number of carbonyl (C=O) groups excluding carboxylic acids is 1. The lowest BCUT2D eigenvalue weighted by molar-refractivity contribution is -0.126. The molecule has 2 heterocycles. The lowest BCUT2D eigenvalue weighted by Gasteiger charge is -2.30. The van der Waals surface area contributed by atoms with Gasteiger partial charge < -0.3 is 10.1 Å². The van der Waals surface area contributed by atoms with Crippen LogP contribution in [-0.2, 0) is 21.4 Å². The number of piperidine rings is 1. The Morgan fingerprint density at radius 1 is 1.31 bits per heavy atom. The summed E-state index contributed by atoms with van der Waals surface area (Å²) in [5.74, 6) is -0.800. The van der Waals surface area contributed by atoms with Crippen LogP contribution in [-0.4, -0.2) is 38.3 Å². The lowest BCUT2D eigenvalue weighted by Crippen LogP contribution is -2.45. The maximum Gasteiger partial charge on any atom is 0.387 e. The molecule has 29 heavy (non-hydrogen) atoms. The molecule has 1 aliphatic rings. The molecule has 1 saturated heterocycles. The molecule has 3 rings (SSSR count). The van der Waals surface area contributed by atoms with Gasteiger partial charge in [0.1, 0.15) is 9.96 Å². The minimum atomic E-state index is -3.63. The zero-order chi connectivity index (χ0) is 21.0. The van der Waals surface area contributed by atoms with Gasteiger partial charge in [-0.2, -0.15) is 13.1 Å². The number of benzene rings is 1. The number of nitrogens with one attached hydrogen (secondary N) is 1. The minimum Gasteiger partial charge on any atom is -0.434 e. The summed E-state index contributed by atoms with van der Waals surface area (Å²) < 4.78 is 56.7. The Hall–Kier alpha value is -2.04. The van der Waals surface area contributed by atoms with E-state index in [0.29, 0.717) is 24.9 Å². The molecule has 0 radical (unpaired) electrons. The van der Waals surface area contributed by atoms with E-state index in [1.54, 1.807) is 30.3 Å². The highest BCUT2D eigenvalue weighted by Gasteiger charge is 2.34. The summed E-state index contributed by atoms with van der Waals surface area (Å²) in [5.41, 5.74) is 0.426. The van der Waals surface area contributed by atoms with Crippen molar-refractivity contribution in [3.05, 3.63) is 46.8 Å². The number of rotatable bonds is 7. The molecule has 0 aliphatic carbocycles.